The Hall–Kier alpha value is -0.760. The molecule has 1 aromatic carbocycles. The van der Waals surface area contributed by atoms with E-state index in [0.717, 1.165) is 11.3 Å². The number of sulfonamides is 1. The Morgan fingerprint density at radius 1 is 1.33 bits per heavy atom. The molecule has 0 aliphatic rings. The fourth-order valence-corrected chi connectivity index (χ4v) is 4.76. The first kappa shape index (κ1) is 13.7. The molecule has 3 nitrogen and oxygen atoms in total. The predicted octanol–water partition coefficient (Wildman–Crippen LogP) is 3.13. The molecule has 0 spiro atoms. The largest absolute Gasteiger partial charge is 0.251 e. The molecule has 0 atom stereocenters. The lowest BCUT2D eigenvalue weighted by Gasteiger charge is -2.05. The fraction of sp³-hybridized carbons (Fsp3) is 0.0909. The summed E-state index contributed by atoms with van der Waals surface area (Å²) in [5.41, 5.74) is 0.575. The van der Waals surface area contributed by atoms with E-state index in [1.54, 1.807) is 23.6 Å². The van der Waals surface area contributed by atoms with Crippen LogP contribution in [-0.4, -0.2) is 8.42 Å². The predicted molar refractivity (Wildman–Crippen MR) is 72.4 cm³/mol. The standard InChI is InChI=1S/C11H9BrFNO2S2/c12-10-4-5-17-11(10)18(15,16)14-7-8-2-1-3-9(13)6-8/h1-6,14H,7H2. The zero-order valence-electron chi connectivity index (χ0n) is 9.06. The van der Waals surface area contributed by atoms with Crippen LogP contribution in [-0.2, 0) is 16.6 Å². The highest BCUT2D eigenvalue weighted by molar-refractivity contribution is 9.10. The smallest absolute Gasteiger partial charge is 0.207 e. The lowest BCUT2D eigenvalue weighted by atomic mass is 10.2. The number of hydrogen-bond donors (Lipinski definition) is 1. The van der Waals surface area contributed by atoms with Gasteiger partial charge in [-0.3, -0.25) is 0 Å². The molecule has 0 radical (unpaired) electrons. The van der Waals surface area contributed by atoms with Crippen LogP contribution in [0, 0.1) is 5.82 Å². The third-order valence-electron chi connectivity index (χ3n) is 2.18. The number of benzene rings is 1. The molecular weight excluding hydrogens is 341 g/mol. The molecular formula is C11H9BrFNO2S2. The Kier molecular flexibility index (Phi) is 4.16. The Labute approximate surface area is 117 Å². The van der Waals surface area contributed by atoms with Crippen molar-refractivity contribution >= 4 is 37.3 Å². The molecule has 1 heterocycles. The quantitative estimate of drug-likeness (QED) is 0.921. The maximum atomic E-state index is 12.9. The van der Waals surface area contributed by atoms with Crippen molar-refractivity contribution in [2.24, 2.45) is 0 Å². The van der Waals surface area contributed by atoms with E-state index < -0.39 is 10.0 Å². The zero-order chi connectivity index (χ0) is 13.2. The van der Waals surface area contributed by atoms with E-state index in [2.05, 4.69) is 20.7 Å². The van der Waals surface area contributed by atoms with Crippen LogP contribution in [0.1, 0.15) is 5.56 Å². The summed E-state index contributed by atoms with van der Waals surface area (Å²) in [5.74, 6) is -0.385. The first-order valence-electron chi connectivity index (χ1n) is 4.96. The summed E-state index contributed by atoms with van der Waals surface area (Å²) in [4.78, 5) is 0. The van der Waals surface area contributed by atoms with E-state index in [1.165, 1.54) is 12.1 Å². The van der Waals surface area contributed by atoms with Crippen LogP contribution in [0.25, 0.3) is 0 Å². The number of hydrogen-bond acceptors (Lipinski definition) is 3. The van der Waals surface area contributed by atoms with Gasteiger partial charge in [0.2, 0.25) is 0 Å². The van der Waals surface area contributed by atoms with Gasteiger partial charge in [0.25, 0.3) is 10.0 Å². The lowest BCUT2D eigenvalue weighted by molar-refractivity contribution is 0.582. The first-order chi connectivity index (χ1) is 8.49. The van der Waals surface area contributed by atoms with E-state index in [4.69, 9.17) is 0 Å². The summed E-state index contributed by atoms with van der Waals surface area (Å²) in [5, 5.41) is 1.68. The van der Waals surface area contributed by atoms with Gasteiger partial charge < -0.3 is 0 Å². The Bertz CT molecular complexity index is 655. The van der Waals surface area contributed by atoms with Crippen molar-refractivity contribution in [3.05, 3.63) is 51.6 Å². The maximum absolute atomic E-state index is 12.9. The third-order valence-corrected chi connectivity index (χ3v) is 6.26. The third kappa shape index (κ3) is 3.17. The summed E-state index contributed by atoms with van der Waals surface area (Å²) in [6, 6.07) is 7.48. The van der Waals surface area contributed by atoms with Gasteiger partial charge in [-0.15, -0.1) is 11.3 Å². The summed E-state index contributed by atoms with van der Waals surface area (Å²) in [7, 11) is -3.56. The van der Waals surface area contributed by atoms with Crippen LogP contribution in [0.3, 0.4) is 0 Å². The molecule has 0 unspecified atom stereocenters. The molecule has 1 aromatic heterocycles. The average molecular weight is 350 g/mol. The summed E-state index contributed by atoms with van der Waals surface area (Å²) >= 11 is 4.29. The van der Waals surface area contributed by atoms with Gasteiger partial charge in [-0.2, -0.15) is 0 Å². The van der Waals surface area contributed by atoms with Crippen LogP contribution in [0.15, 0.2) is 44.4 Å². The zero-order valence-corrected chi connectivity index (χ0v) is 12.3. The van der Waals surface area contributed by atoms with E-state index >= 15 is 0 Å². The molecule has 96 valence electrons. The molecule has 0 fully saturated rings. The van der Waals surface area contributed by atoms with Crippen molar-refractivity contribution in [1.29, 1.82) is 0 Å². The monoisotopic (exact) mass is 349 g/mol. The highest BCUT2D eigenvalue weighted by Crippen LogP contribution is 2.27. The lowest BCUT2D eigenvalue weighted by Crippen LogP contribution is -2.22. The van der Waals surface area contributed by atoms with Gasteiger partial charge in [-0.1, -0.05) is 12.1 Å². The second-order valence-corrected chi connectivity index (χ2v) is 7.24. The molecule has 0 saturated carbocycles. The van der Waals surface area contributed by atoms with Crippen LogP contribution >= 0.6 is 27.3 Å². The highest BCUT2D eigenvalue weighted by atomic mass is 79.9. The molecule has 1 N–H and O–H groups in total. The number of nitrogens with one attached hydrogen (secondary N) is 1. The van der Waals surface area contributed by atoms with E-state index in [0.29, 0.717) is 10.0 Å². The Morgan fingerprint density at radius 3 is 2.72 bits per heavy atom. The minimum atomic E-state index is -3.56. The minimum absolute atomic E-state index is 0.0600. The summed E-state index contributed by atoms with van der Waals surface area (Å²) < 4.78 is 40.0. The van der Waals surface area contributed by atoms with Crippen LogP contribution in [0.5, 0.6) is 0 Å². The van der Waals surface area contributed by atoms with Crippen molar-refractivity contribution in [2.75, 3.05) is 0 Å². The molecule has 0 saturated heterocycles. The van der Waals surface area contributed by atoms with Crippen LogP contribution in [0.2, 0.25) is 0 Å². The van der Waals surface area contributed by atoms with Crippen molar-refractivity contribution in [1.82, 2.24) is 4.72 Å². The van der Waals surface area contributed by atoms with Gasteiger partial charge >= 0.3 is 0 Å². The van der Waals surface area contributed by atoms with Crippen molar-refractivity contribution in [2.45, 2.75) is 10.8 Å². The molecule has 7 heteroatoms. The fourth-order valence-electron chi connectivity index (χ4n) is 1.36. The first-order valence-corrected chi connectivity index (χ1v) is 8.12. The molecule has 0 bridgehead atoms. The van der Waals surface area contributed by atoms with E-state index in [1.807, 2.05) is 0 Å². The summed E-state index contributed by atoms with van der Waals surface area (Å²) in [6.07, 6.45) is 0. The van der Waals surface area contributed by atoms with Crippen molar-refractivity contribution in [3.8, 4) is 0 Å². The number of thiophene rings is 1. The number of halogens is 2. The van der Waals surface area contributed by atoms with Crippen molar-refractivity contribution < 1.29 is 12.8 Å². The molecule has 2 rings (SSSR count). The van der Waals surface area contributed by atoms with E-state index in [-0.39, 0.29) is 16.6 Å². The Balaban J connectivity index is 2.13. The second-order valence-electron chi connectivity index (χ2n) is 3.51. The van der Waals surface area contributed by atoms with E-state index in [9.17, 15) is 12.8 Å². The maximum Gasteiger partial charge on any atom is 0.251 e. The van der Waals surface area contributed by atoms with Gasteiger partial charge in [-0.25, -0.2) is 17.5 Å². The van der Waals surface area contributed by atoms with Gasteiger partial charge in [0, 0.05) is 11.0 Å². The topological polar surface area (TPSA) is 46.2 Å². The molecule has 0 aliphatic carbocycles. The molecule has 2 aromatic rings. The van der Waals surface area contributed by atoms with Crippen LogP contribution < -0.4 is 4.72 Å². The van der Waals surface area contributed by atoms with Gasteiger partial charge in [0.1, 0.15) is 10.0 Å². The average Bonchev–Trinajstić information content (AvgIpc) is 2.74. The van der Waals surface area contributed by atoms with Gasteiger partial charge in [-0.05, 0) is 45.1 Å². The van der Waals surface area contributed by atoms with Crippen molar-refractivity contribution in [3.63, 3.8) is 0 Å². The van der Waals surface area contributed by atoms with Gasteiger partial charge in [0.15, 0.2) is 0 Å². The summed E-state index contributed by atoms with van der Waals surface area (Å²) in [6.45, 7) is 0.0600. The normalized spacial score (nSPS) is 11.7. The second kappa shape index (κ2) is 5.48. The molecule has 18 heavy (non-hydrogen) atoms. The molecule has 0 amide bonds. The number of rotatable bonds is 4. The minimum Gasteiger partial charge on any atom is -0.207 e. The molecule has 0 aliphatic heterocycles. The van der Waals surface area contributed by atoms with Gasteiger partial charge in [0.05, 0.1) is 0 Å². The highest BCUT2D eigenvalue weighted by Gasteiger charge is 2.18. The van der Waals surface area contributed by atoms with Crippen LogP contribution in [0.4, 0.5) is 4.39 Å². The Morgan fingerprint density at radius 2 is 2.11 bits per heavy atom. The SMILES string of the molecule is O=S(=O)(NCc1cccc(F)c1)c1sccc1Br.